The Hall–Kier alpha value is -2.46. The number of aromatic hydroxyl groups is 1. The minimum atomic E-state index is 0.193. The molecule has 0 saturated heterocycles. The number of anilines is 2. The summed E-state index contributed by atoms with van der Waals surface area (Å²) in [6.07, 6.45) is 0. The molecular formula is C16H14ClN3O. The number of halogens is 1. The van der Waals surface area contributed by atoms with Crippen LogP contribution in [0.15, 0.2) is 59.9 Å². The molecule has 0 fully saturated rings. The van der Waals surface area contributed by atoms with Crippen molar-refractivity contribution in [2.45, 2.75) is 0 Å². The van der Waals surface area contributed by atoms with E-state index in [1.54, 1.807) is 25.2 Å². The molecule has 106 valence electrons. The van der Waals surface area contributed by atoms with E-state index in [4.69, 9.17) is 11.6 Å². The predicted molar refractivity (Wildman–Crippen MR) is 86.4 cm³/mol. The van der Waals surface area contributed by atoms with Crippen LogP contribution in [0.1, 0.15) is 5.56 Å². The van der Waals surface area contributed by atoms with Gasteiger partial charge in [0.15, 0.2) is 0 Å². The van der Waals surface area contributed by atoms with E-state index in [1.807, 2.05) is 29.2 Å². The van der Waals surface area contributed by atoms with Crippen LogP contribution in [-0.2, 0) is 0 Å². The van der Waals surface area contributed by atoms with Crippen molar-refractivity contribution in [3.63, 3.8) is 0 Å². The standard InChI is InChI=1S/C16H14ClN3O/c1-10-19-16(18-2)14-7-6-11(17)8-15(14)20(10)12-4-3-5-13(21)9-12/h3-9,21H,1H2,2H3,(H,18,19). The molecule has 4 nitrogen and oxygen atoms in total. The highest BCUT2D eigenvalue weighted by molar-refractivity contribution is 6.31. The molecule has 0 aliphatic carbocycles. The lowest BCUT2D eigenvalue weighted by molar-refractivity contribution is 0.475. The van der Waals surface area contributed by atoms with E-state index in [-0.39, 0.29) is 5.75 Å². The van der Waals surface area contributed by atoms with Crippen LogP contribution in [0, 0.1) is 0 Å². The summed E-state index contributed by atoms with van der Waals surface area (Å²) in [7, 11) is 1.72. The van der Waals surface area contributed by atoms with Crippen molar-refractivity contribution >= 4 is 28.8 Å². The van der Waals surface area contributed by atoms with E-state index >= 15 is 0 Å². The Morgan fingerprint density at radius 1 is 1.24 bits per heavy atom. The van der Waals surface area contributed by atoms with Crippen molar-refractivity contribution < 1.29 is 5.11 Å². The van der Waals surface area contributed by atoms with E-state index in [2.05, 4.69) is 16.9 Å². The average molecular weight is 300 g/mol. The minimum absolute atomic E-state index is 0.193. The van der Waals surface area contributed by atoms with Crippen LogP contribution in [-0.4, -0.2) is 18.0 Å². The average Bonchev–Trinajstić information content (AvgIpc) is 2.46. The highest BCUT2D eigenvalue weighted by atomic mass is 35.5. The number of phenols is 1. The topological polar surface area (TPSA) is 47.9 Å². The summed E-state index contributed by atoms with van der Waals surface area (Å²) in [5.74, 6) is 1.58. The van der Waals surface area contributed by atoms with Crippen molar-refractivity contribution in [1.29, 1.82) is 0 Å². The quantitative estimate of drug-likeness (QED) is 0.845. The zero-order chi connectivity index (χ0) is 15.0. The third kappa shape index (κ3) is 2.34. The van der Waals surface area contributed by atoms with Crippen molar-refractivity contribution in [3.05, 3.63) is 65.5 Å². The monoisotopic (exact) mass is 299 g/mol. The molecule has 2 N–H and O–H groups in total. The molecule has 2 aromatic rings. The first-order chi connectivity index (χ1) is 10.1. The number of fused-ring (bicyclic) bond motifs is 1. The van der Waals surface area contributed by atoms with E-state index in [9.17, 15) is 5.11 Å². The number of rotatable bonds is 1. The zero-order valence-corrected chi connectivity index (χ0v) is 12.2. The van der Waals surface area contributed by atoms with Crippen molar-refractivity contribution in [3.8, 4) is 5.75 Å². The van der Waals surface area contributed by atoms with Gasteiger partial charge in [-0.05, 0) is 30.3 Å². The molecule has 0 aromatic heterocycles. The third-order valence-corrected chi connectivity index (χ3v) is 3.54. The Morgan fingerprint density at radius 2 is 2.05 bits per heavy atom. The zero-order valence-electron chi connectivity index (χ0n) is 11.5. The number of nitrogens with one attached hydrogen (secondary N) is 1. The smallest absolute Gasteiger partial charge is 0.135 e. The lowest BCUT2D eigenvalue weighted by Crippen LogP contribution is -2.38. The SMILES string of the molecule is C=C1NC(=NC)c2ccc(Cl)cc2N1c1cccc(O)c1. The van der Waals surface area contributed by atoms with E-state index in [1.165, 1.54) is 0 Å². The van der Waals surface area contributed by atoms with Gasteiger partial charge in [-0.2, -0.15) is 0 Å². The highest BCUT2D eigenvalue weighted by Gasteiger charge is 2.25. The van der Waals surface area contributed by atoms with E-state index in [0.717, 1.165) is 22.8 Å². The summed E-state index contributed by atoms with van der Waals surface area (Å²) >= 11 is 6.13. The van der Waals surface area contributed by atoms with Gasteiger partial charge in [0.1, 0.15) is 17.4 Å². The first kappa shape index (κ1) is 13.5. The van der Waals surface area contributed by atoms with Crippen LogP contribution >= 0.6 is 11.6 Å². The Bertz CT molecular complexity index is 755. The Balaban J connectivity index is 2.22. The summed E-state index contributed by atoms with van der Waals surface area (Å²) in [5.41, 5.74) is 2.60. The fourth-order valence-electron chi connectivity index (χ4n) is 2.40. The number of hydrogen-bond donors (Lipinski definition) is 2. The minimum Gasteiger partial charge on any atom is -0.508 e. The normalized spacial score (nSPS) is 15.8. The maximum Gasteiger partial charge on any atom is 0.135 e. The molecule has 0 amide bonds. The van der Waals surface area contributed by atoms with Crippen LogP contribution in [0.4, 0.5) is 11.4 Å². The van der Waals surface area contributed by atoms with Gasteiger partial charge in [-0.15, -0.1) is 0 Å². The van der Waals surface area contributed by atoms with Crippen molar-refractivity contribution in [2.24, 2.45) is 4.99 Å². The molecule has 0 radical (unpaired) electrons. The molecule has 0 unspecified atom stereocenters. The Morgan fingerprint density at radius 3 is 2.76 bits per heavy atom. The first-order valence-electron chi connectivity index (χ1n) is 6.42. The van der Waals surface area contributed by atoms with Crippen LogP contribution in [0.25, 0.3) is 0 Å². The Labute approximate surface area is 128 Å². The first-order valence-corrected chi connectivity index (χ1v) is 6.80. The lowest BCUT2D eigenvalue weighted by atomic mass is 10.1. The number of aliphatic imine (C=N–C) groups is 1. The largest absolute Gasteiger partial charge is 0.508 e. The van der Waals surface area contributed by atoms with Crippen LogP contribution in [0.3, 0.4) is 0 Å². The van der Waals surface area contributed by atoms with Crippen molar-refractivity contribution in [2.75, 3.05) is 11.9 Å². The van der Waals surface area contributed by atoms with Gasteiger partial charge >= 0.3 is 0 Å². The second-order valence-electron chi connectivity index (χ2n) is 4.66. The molecule has 3 rings (SSSR count). The van der Waals surface area contributed by atoms with Crippen LogP contribution in [0.5, 0.6) is 5.75 Å². The molecule has 0 spiro atoms. The Kier molecular flexibility index (Phi) is 3.31. The second-order valence-corrected chi connectivity index (χ2v) is 5.10. The molecule has 21 heavy (non-hydrogen) atoms. The summed E-state index contributed by atoms with van der Waals surface area (Å²) in [6.45, 7) is 4.04. The fourth-order valence-corrected chi connectivity index (χ4v) is 2.57. The summed E-state index contributed by atoms with van der Waals surface area (Å²) in [4.78, 5) is 6.14. The maximum absolute atomic E-state index is 9.70. The van der Waals surface area contributed by atoms with Crippen LogP contribution in [0.2, 0.25) is 5.02 Å². The number of nitrogens with zero attached hydrogens (tertiary/aromatic N) is 2. The molecule has 0 bridgehead atoms. The van der Waals surface area contributed by atoms with Gasteiger partial charge in [-0.1, -0.05) is 24.2 Å². The molecule has 2 aromatic carbocycles. The van der Waals surface area contributed by atoms with Gasteiger partial charge < -0.3 is 10.4 Å². The molecular weight excluding hydrogens is 286 g/mol. The maximum atomic E-state index is 9.70. The molecule has 1 aliphatic heterocycles. The number of hydrogen-bond acceptors (Lipinski definition) is 3. The molecule has 0 atom stereocenters. The third-order valence-electron chi connectivity index (χ3n) is 3.30. The summed E-state index contributed by atoms with van der Waals surface area (Å²) < 4.78 is 0. The van der Waals surface area contributed by atoms with Gasteiger partial charge in [0.2, 0.25) is 0 Å². The molecule has 0 saturated carbocycles. The lowest BCUT2D eigenvalue weighted by Gasteiger charge is -2.34. The van der Waals surface area contributed by atoms with Gasteiger partial charge in [0.25, 0.3) is 0 Å². The molecule has 1 aliphatic rings. The molecule has 5 heteroatoms. The van der Waals surface area contributed by atoms with Crippen molar-refractivity contribution in [1.82, 2.24) is 5.32 Å². The van der Waals surface area contributed by atoms with Crippen LogP contribution < -0.4 is 10.2 Å². The van der Waals surface area contributed by atoms with Gasteiger partial charge in [-0.25, -0.2) is 0 Å². The number of amidine groups is 1. The van der Waals surface area contributed by atoms with E-state index < -0.39 is 0 Å². The molecule has 1 heterocycles. The van der Waals surface area contributed by atoms with E-state index in [0.29, 0.717) is 10.8 Å². The highest BCUT2D eigenvalue weighted by Crippen LogP contribution is 2.37. The number of phenolic OH excluding ortho intramolecular Hbond substituents is 1. The summed E-state index contributed by atoms with van der Waals surface area (Å²) in [6, 6.07) is 12.6. The van der Waals surface area contributed by atoms with Gasteiger partial charge in [0.05, 0.1) is 11.4 Å². The van der Waals surface area contributed by atoms with Gasteiger partial charge in [-0.3, -0.25) is 9.89 Å². The summed E-state index contributed by atoms with van der Waals surface area (Å²) in [5, 5.41) is 13.5. The predicted octanol–water partition coefficient (Wildman–Crippen LogP) is 3.63. The second kappa shape index (κ2) is 5.14. The number of benzene rings is 2. The fraction of sp³-hybridized carbons (Fsp3) is 0.0625. The van der Waals surface area contributed by atoms with Gasteiger partial charge in [0, 0.05) is 23.7 Å².